The Bertz CT molecular complexity index is 666. The summed E-state index contributed by atoms with van der Waals surface area (Å²) in [6.45, 7) is 2.99. The molecule has 1 aliphatic carbocycles. The topological polar surface area (TPSA) is 59.6 Å². The van der Waals surface area contributed by atoms with Crippen molar-refractivity contribution in [2.24, 2.45) is 5.92 Å². The molecule has 8 heteroatoms. The van der Waals surface area contributed by atoms with E-state index in [9.17, 15) is 18.0 Å². The fraction of sp³-hybridized carbons (Fsp3) is 0.632. The average molecular weight is 386 g/mol. The fourth-order valence-corrected chi connectivity index (χ4v) is 3.57. The van der Waals surface area contributed by atoms with Gasteiger partial charge in [0.05, 0.1) is 25.2 Å². The minimum atomic E-state index is -4.20. The van der Waals surface area contributed by atoms with Gasteiger partial charge in [0.2, 0.25) is 0 Å². The Kier molecular flexibility index (Phi) is 6.01. The van der Waals surface area contributed by atoms with Gasteiger partial charge in [-0.05, 0) is 43.9 Å². The van der Waals surface area contributed by atoms with Crippen LogP contribution in [0.4, 0.5) is 18.0 Å². The van der Waals surface area contributed by atoms with Crippen molar-refractivity contribution in [2.75, 3.05) is 13.2 Å². The van der Waals surface area contributed by atoms with Crippen LogP contribution >= 0.6 is 0 Å². The molecule has 5 nitrogen and oxygen atoms in total. The lowest BCUT2D eigenvalue weighted by atomic mass is 9.85. The maximum atomic E-state index is 12.9. The third-order valence-electron chi connectivity index (χ3n) is 5.09. The molecule has 3 atom stereocenters. The number of carbonyl (C=O) groups is 1. The van der Waals surface area contributed by atoms with Gasteiger partial charge in [-0.2, -0.15) is 13.2 Å². The minimum absolute atomic E-state index is 0.0602. The first-order chi connectivity index (χ1) is 12.8. The number of rotatable bonds is 3. The molecule has 150 valence electrons. The first-order valence-corrected chi connectivity index (χ1v) is 9.36. The standard InChI is InChI=1S/C19H25F3N2O3/c1-12(13-6-7-16-17(10-13)27-9-3-8-26-16)23-18(25)24-15-5-2-4-14(11-15)19(20,21)22/h6-7,10,12,14-15H,2-5,8-9,11H2,1H3,(H2,23,24,25). The van der Waals surface area contributed by atoms with E-state index in [1.165, 1.54) is 0 Å². The van der Waals surface area contributed by atoms with E-state index in [0.717, 1.165) is 12.0 Å². The molecule has 27 heavy (non-hydrogen) atoms. The second-order valence-electron chi connectivity index (χ2n) is 7.20. The zero-order valence-electron chi connectivity index (χ0n) is 15.3. The Morgan fingerprint density at radius 2 is 1.89 bits per heavy atom. The summed E-state index contributed by atoms with van der Waals surface area (Å²) >= 11 is 0. The summed E-state index contributed by atoms with van der Waals surface area (Å²) in [5, 5.41) is 5.48. The quantitative estimate of drug-likeness (QED) is 0.813. The summed E-state index contributed by atoms with van der Waals surface area (Å²) in [7, 11) is 0. The highest BCUT2D eigenvalue weighted by molar-refractivity contribution is 5.74. The zero-order valence-corrected chi connectivity index (χ0v) is 15.3. The second-order valence-corrected chi connectivity index (χ2v) is 7.20. The average Bonchev–Trinajstić information content (AvgIpc) is 2.85. The molecule has 3 rings (SSSR count). The van der Waals surface area contributed by atoms with Gasteiger partial charge in [0, 0.05) is 12.5 Å². The van der Waals surface area contributed by atoms with Crippen LogP contribution in [0.2, 0.25) is 0 Å². The molecular weight excluding hydrogens is 361 g/mol. The molecule has 0 aromatic heterocycles. The molecular formula is C19H25F3N2O3. The molecule has 3 unspecified atom stereocenters. The van der Waals surface area contributed by atoms with E-state index in [0.29, 0.717) is 37.6 Å². The molecule has 1 saturated carbocycles. The molecule has 0 radical (unpaired) electrons. The van der Waals surface area contributed by atoms with Gasteiger partial charge >= 0.3 is 12.2 Å². The van der Waals surface area contributed by atoms with Crippen LogP contribution < -0.4 is 20.1 Å². The van der Waals surface area contributed by atoms with Crippen molar-refractivity contribution < 1.29 is 27.4 Å². The van der Waals surface area contributed by atoms with Crippen LogP contribution in [0, 0.1) is 5.92 Å². The first-order valence-electron chi connectivity index (χ1n) is 9.36. The van der Waals surface area contributed by atoms with Crippen molar-refractivity contribution in [3.8, 4) is 11.5 Å². The van der Waals surface area contributed by atoms with Crippen molar-refractivity contribution in [3.05, 3.63) is 23.8 Å². The van der Waals surface area contributed by atoms with Crippen molar-refractivity contribution in [3.63, 3.8) is 0 Å². The number of nitrogens with one attached hydrogen (secondary N) is 2. The molecule has 2 aliphatic rings. The van der Waals surface area contributed by atoms with E-state index < -0.39 is 24.2 Å². The molecule has 2 amide bonds. The van der Waals surface area contributed by atoms with E-state index >= 15 is 0 Å². The molecule has 2 N–H and O–H groups in total. The Morgan fingerprint density at radius 3 is 2.63 bits per heavy atom. The number of benzene rings is 1. The minimum Gasteiger partial charge on any atom is -0.490 e. The number of fused-ring (bicyclic) bond motifs is 1. The molecule has 1 fully saturated rings. The van der Waals surface area contributed by atoms with Gasteiger partial charge in [-0.25, -0.2) is 4.79 Å². The zero-order chi connectivity index (χ0) is 19.4. The normalized spacial score (nSPS) is 23.9. The van der Waals surface area contributed by atoms with Crippen LogP contribution in [-0.2, 0) is 0 Å². The Hall–Kier alpha value is -2.12. The summed E-state index contributed by atoms with van der Waals surface area (Å²) in [4.78, 5) is 12.2. The lowest BCUT2D eigenvalue weighted by Gasteiger charge is -2.31. The smallest absolute Gasteiger partial charge is 0.391 e. The van der Waals surface area contributed by atoms with E-state index in [1.807, 2.05) is 19.1 Å². The number of alkyl halides is 3. The van der Waals surface area contributed by atoms with Gasteiger partial charge in [0.25, 0.3) is 0 Å². The van der Waals surface area contributed by atoms with Gasteiger partial charge in [-0.3, -0.25) is 0 Å². The highest BCUT2D eigenvalue weighted by atomic mass is 19.4. The van der Waals surface area contributed by atoms with E-state index in [4.69, 9.17) is 9.47 Å². The number of hydrogen-bond acceptors (Lipinski definition) is 3. The van der Waals surface area contributed by atoms with Crippen molar-refractivity contribution in [1.29, 1.82) is 0 Å². The van der Waals surface area contributed by atoms with Gasteiger partial charge in [0.15, 0.2) is 11.5 Å². The number of urea groups is 1. The maximum absolute atomic E-state index is 12.9. The number of carbonyl (C=O) groups excluding carboxylic acids is 1. The predicted molar refractivity (Wildman–Crippen MR) is 93.9 cm³/mol. The van der Waals surface area contributed by atoms with Crippen molar-refractivity contribution >= 4 is 6.03 Å². The summed E-state index contributed by atoms with van der Waals surface area (Å²) in [6.07, 6.45) is -2.29. The highest BCUT2D eigenvalue weighted by Gasteiger charge is 2.42. The fourth-order valence-electron chi connectivity index (χ4n) is 3.57. The van der Waals surface area contributed by atoms with Crippen LogP contribution in [0.5, 0.6) is 11.5 Å². The number of ether oxygens (including phenoxy) is 2. The van der Waals surface area contributed by atoms with Crippen LogP contribution in [0.1, 0.15) is 50.6 Å². The Morgan fingerprint density at radius 1 is 1.15 bits per heavy atom. The van der Waals surface area contributed by atoms with Gasteiger partial charge in [-0.15, -0.1) is 0 Å². The van der Waals surface area contributed by atoms with Gasteiger partial charge < -0.3 is 20.1 Å². The summed E-state index contributed by atoms with van der Waals surface area (Å²) in [6, 6.07) is 4.25. The largest absolute Gasteiger partial charge is 0.490 e. The predicted octanol–water partition coefficient (Wildman–Crippen LogP) is 4.33. The third kappa shape index (κ3) is 5.20. The van der Waals surface area contributed by atoms with Crippen LogP contribution in [0.25, 0.3) is 0 Å². The van der Waals surface area contributed by atoms with Crippen LogP contribution in [0.3, 0.4) is 0 Å². The lowest BCUT2D eigenvalue weighted by Crippen LogP contribution is -2.46. The first kappa shape index (κ1) is 19.6. The summed E-state index contributed by atoms with van der Waals surface area (Å²) in [5.74, 6) is -0.0247. The summed E-state index contributed by atoms with van der Waals surface area (Å²) < 4.78 is 49.9. The lowest BCUT2D eigenvalue weighted by molar-refractivity contribution is -0.183. The van der Waals surface area contributed by atoms with Crippen molar-refractivity contribution in [1.82, 2.24) is 10.6 Å². The molecule has 1 aliphatic heterocycles. The molecule has 1 heterocycles. The monoisotopic (exact) mass is 386 g/mol. The Balaban J connectivity index is 1.55. The maximum Gasteiger partial charge on any atom is 0.391 e. The van der Waals surface area contributed by atoms with E-state index in [1.54, 1.807) is 6.07 Å². The van der Waals surface area contributed by atoms with E-state index in [-0.39, 0.29) is 18.9 Å². The summed E-state index contributed by atoms with van der Waals surface area (Å²) in [5.41, 5.74) is 0.839. The third-order valence-corrected chi connectivity index (χ3v) is 5.09. The SMILES string of the molecule is CC(NC(=O)NC1CCCC(C(F)(F)F)C1)c1ccc2c(c1)OCCCO2. The molecule has 0 saturated heterocycles. The number of halogens is 3. The van der Waals surface area contributed by atoms with Crippen LogP contribution in [-0.4, -0.2) is 31.5 Å². The molecule has 1 aromatic carbocycles. The van der Waals surface area contributed by atoms with Crippen LogP contribution in [0.15, 0.2) is 18.2 Å². The van der Waals surface area contributed by atoms with Gasteiger partial charge in [0.1, 0.15) is 0 Å². The molecule has 1 aromatic rings. The van der Waals surface area contributed by atoms with Crippen molar-refractivity contribution in [2.45, 2.75) is 57.3 Å². The highest BCUT2D eigenvalue weighted by Crippen LogP contribution is 2.37. The Labute approximate surface area is 156 Å². The molecule has 0 spiro atoms. The molecule has 0 bridgehead atoms. The second kappa shape index (κ2) is 8.27. The van der Waals surface area contributed by atoms with Gasteiger partial charge in [-0.1, -0.05) is 12.5 Å². The van der Waals surface area contributed by atoms with E-state index in [2.05, 4.69) is 10.6 Å². The number of hydrogen-bond donors (Lipinski definition) is 2. The number of amides is 2.